The van der Waals surface area contributed by atoms with Crippen LogP contribution in [0, 0.1) is 17.7 Å². The topological polar surface area (TPSA) is 20.2 Å². The molecule has 1 unspecified atom stereocenters. The molecule has 1 aromatic rings. The van der Waals surface area contributed by atoms with E-state index in [1.807, 2.05) is 0 Å². The van der Waals surface area contributed by atoms with Gasteiger partial charge in [-0.2, -0.15) is 0 Å². The standard InChI is InChI=1S/C16H22BrFO/c1-2-4-11-7-9-12(10-8-11)16(19)13-5-3-6-14(17)15(13)18/h3,5-6,11-12,16,19H,2,4,7-10H2,1H3. The molecule has 0 saturated heterocycles. The maximum atomic E-state index is 14.0. The lowest BCUT2D eigenvalue weighted by Crippen LogP contribution is -2.21. The molecule has 106 valence electrons. The largest absolute Gasteiger partial charge is 0.388 e. The second-order valence-corrected chi connectivity index (χ2v) is 6.51. The van der Waals surface area contributed by atoms with E-state index in [-0.39, 0.29) is 11.7 Å². The lowest BCUT2D eigenvalue weighted by Gasteiger charge is -2.31. The Labute approximate surface area is 123 Å². The summed E-state index contributed by atoms with van der Waals surface area (Å²) >= 11 is 3.18. The van der Waals surface area contributed by atoms with Gasteiger partial charge in [-0.25, -0.2) is 4.39 Å². The summed E-state index contributed by atoms with van der Waals surface area (Å²) < 4.78 is 14.4. The minimum absolute atomic E-state index is 0.205. The Bertz CT molecular complexity index is 413. The Kier molecular flexibility index (Phi) is 5.40. The van der Waals surface area contributed by atoms with Crippen LogP contribution in [0.4, 0.5) is 4.39 Å². The van der Waals surface area contributed by atoms with Crippen molar-refractivity contribution >= 4 is 15.9 Å². The Morgan fingerprint density at radius 2 is 2.00 bits per heavy atom. The molecule has 0 heterocycles. The van der Waals surface area contributed by atoms with Gasteiger partial charge in [0.15, 0.2) is 0 Å². The van der Waals surface area contributed by atoms with Gasteiger partial charge in [0, 0.05) is 5.56 Å². The van der Waals surface area contributed by atoms with E-state index >= 15 is 0 Å². The summed E-state index contributed by atoms with van der Waals surface area (Å²) in [7, 11) is 0. The highest BCUT2D eigenvalue weighted by Crippen LogP contribution is 2.39. The first-order chi connectivity index (χ1) is 9.13. The third kappa shape index (κ3) is 3.57. The van der Waals surface area contributed by atoms with E-state index in [1.165, 1.54) is 25.7 Å². The Hall–Kier alpha value is -0.410. The summed E-state index contributed by atoms with van der Waals surface area (Å²) in [5.41, 5.74) is 0.438. The fourth-order valence-electron chi connectivity index (χ4n) is 3.20. The van der Waals surface area contributed by atoms with Gasteiger partial charge in [0.2, 0.25) is 0 Å². The molecule has 3 heteroatoms. The molecule has 1 saturated carbocycles. The van der Waals surface area contributed by atoms with E-state index in [2.05, 4.69) is 22.9 Å². The van der Waals surface area contributed by atoms with Gasteiger partial charge >= 0.3 is 0 Å². The van der Waals surface area contributed by atoms with Crippen LogP contribution in [0.2, 0.25) is 0 Å². The summed E-state index contributed by atoms with van der Waals surface area (Å²) in [4.78, 5) is 0. The van der Waals surface area contributed by atoms with Gasteiger partial charge in [0.05, 0.1) is 10.6 Å². The van der Waals surface area contributed by atoms with Crippen molar-refractivity contribution in [2.24, 2.45) is 11.8 Å². The van der Waals surface area contributed by atoms with Gasteiger partial charge in [-0.3, -0.25) is 0 Å². The van der Waals surface area contributed by atoms with E-state index in [9.17, 15) is 9.50 Å². The van der Waals surface area contributed by atoms with Crippen molar-refractivity contribution in [1.29, 1.82) is 0 Å². The molecule has 0 bridgehead atoms. The number of hydrogen-bond acceptors (Lipinski definition) is 1. The van der Waals surface area contributed by atoms with Crippen molar-refractivity contribution in [3.63, 3.8) is 0 Å². The Morgan fingerprint density at radius 1 is 1.32 bits per heavy atom. The van der Waals surface area contributed by atoms with Crippen molar-refractivity contribution in [3.8, 4) is 0 Å². The highest BCUT2D eigenvalue weighted by atomic mass is 79.9. The van der Waals surface area contributed by atoms with E-state index in [0.29, 0.717) is 10.0 Å². The number of benzene rings is 1. The molecule has 1 aliphatic carbocycles. The predicted molar refractivity (Wildman–Crippen MR) is 79.4 cm³/mol. The molecule has 1 atom stereocenters. The molecule has 0 amide bonds. The smallest absolute Gasteiger partial charge is 0.143 e. The van der Waals surface area contributed by atoms with Gasteiger partial charge in [-0.1, -0.05) is 44.7 Å². The third-order valence-corrected chi connectivity index (χ3v) is 4.95. The van der Waals surface area contributed by atoms with Crippen LogP contribution in [0.25, 0.3) is 0 Å². The van der Waals surface area contributed by atoms with Gasteiger partial charge in [0.1, 0.15) is 5.82 Å². The zero-order valence-corrected chi connectivity index (χ0v) is 13.0. The second-order valence-electron chi connectivity index (χ2n) is 5.66. The van der Waals surface area contributed by atoms with E-state index < -0.39 is 6.10 Å². The summed E-state index contributed by atoms with van der Waals surface area (Å²) in [6, 6.07) is 5.15. The van der Waals surface area contributed by atoms with Crippen molar-refractivity contribution in [2.75, 3.05) is 0 Å². The monoisotopic (exact) mass is 328 g/mol. The summed E-state index contributed by atoms with van der Waals surface area (Å²) in [6.07, 6.45) is 6.22. The lowest BCUT2D eigenvalue weighted by atomic mass is 9.76. The number of halogens is 2. The van der Waals surface area contributed by atoms with Crippen LogP contribution >= 0.6 is 15.9 Å². The van der Waals surface area contributed by atoms with Crippen molar-refractivity contribution in [1.82, 2.24) is 0 Å². The number of hydrogen-bond donors (Lipinski definition) is 1. The lowest BCUT2D eigenvalue weighted by molar-refractivity contribution is 0.0693. The summed E-state index contributed by atoms with van der Waals surface area (Å²) in [5.74, 6) is 0.698. The molecule has 2 rings (SSSR count). The van der Waals surface area contributed by atoms with E-state index in [4.69, 9.17) is 0 Å². The first-order valence-corrected chi connectivity index (χ1v) is 8.04. The highest BCUT2D eigenvalue weighted by Gasteiger charge is 2.28. The average Bonchev–Trinajstić information content (AvgIpc) is 2.42. The van der Waals surface area contributed by atoms with Crippen LogP contribution < -0.4 is 0 Å². The maximum Gasteiger partial charge on any atom is 0.143 e. The minimum atomic E-state index is -0.667. The van der Waals surface area contributed by atoms with Crippen LogP contribution in [0.5, 0.6) is 0 Å². The van der Waals surface area contributed by atoms with Crippen molar-refractivity contribution < 1.29 is 9.50 Å². The van der Waals surface area contributed by atoms with Crippen LogP contribution in [0.1, 0.15) is 57.1 Å². The first kappa shape index (κ1) is 15.0. The van der Waals surface area contributed by atoms with Gasteiger partial charge < -0.3 is 5.11 Å². The zero-order chi connectivity index (χ0) is 13.8. The molecular weight excluding hydrogens is 307 g/mol. The number of aliphatic hydroxyl groups excluding tert-OH is 1. The Morgan fingerprint density at radius 3 is 2.63 bits per heavy atom. The van der Waals surface area contributed by atoms with Gasteiger partial charge in [-0.15, -0.1) is 0 Å². The Balaban J connectivity index is 2.01. The number of aliphatic hydroxyl groups is 1. The highest BCUT2D eigenvalue weighted by molar-refractivity contribution is 9.10. The fraction of sp³-hybridized carbons (Fsp3) is 0.625. The van der Waals surface area contributed by atoms with E-state index in [0.717, 1.165) is 18.8 Å². The zero-order valence-electron chi connectivity index (χ0n) is 11.4. The molecule has 1 N–H and O–H groups in total. The molecule has 1 fully saturated rings. The van der Waals surface area contributed by atoms with E-state index in [1.54, 1.807) is 18.2 Å². The quantitative estimate of drug-likeness (QED) is 0.802. The molecule has 0 aromatic heterocycles. The normalized spacial score (nSPS) is 25.3. The molecule has 0 spiro atoms. The van der Waals surface area contributed by atoms with Crippen LogP contribution in [-0.2, 0) is 0 Å². The predicted octanol–water partition coefficient (Wildman–Crippen LogP) is 5.23. The molecule has 1 nitrogen and oxygen atoms in total. The maximum absolute atomic E-state index is 14.0. The van der Waals surface area contributed by atoms with Gasteiger partial charge in [-0.05, 0) is 46.7 Å². The molecule has 0 radical (unpaired) electrons. The molecule has 19 heavy (non-hydrogen) atoms. The second kappa shape index (κ2) is 6.85. The van der Waals surface area contributed by atoms with Crippen LogP contribution in [-0.4, -0.2) is 5.11 Å². The minimum Gasteiger partial charge on any atom is -0.388 e. The summed E-state index contributed by atoms with van der Waals surface area (Å²) in [6.45, 7) is 2.22. The van der Waals surface area contributed by atoms with Crippen LogP contribution in [0.15, 0.2) is 22.7 Å². The first-order valence-electron chi connectivity index (χ1n) is 7.25. The molecule has 1 aliphatic rings. The van der Waals surface area contributed by atoms with Crippen molar-refractivity contribution in [2.45, 2.75) is 51.6 Å². The molecule has 0 aliphatic heterocycles. The summed E-state index contributed by atoms with van der Waals surface area (Å²) in [5, 5.41) is 10.4. The SMILES string of the molecule is CCCC1CCC(C(O)c2cccc(Br)c2F)CC1. The van der Waals surface area contributed by atoms with Crippen molar-refractivity contribution in [3.05, 3.63) is 34.1 Å². The molecular formula is C16H22BrFO. The van der Waals surface area contributed by atoms with Gasteiger partial charge in [0.25, 0.3) is 0 Å². The fourth-order valence-corrected chi connectivity index (χ4v) is 3.59. The van der Waals surface area contributed by atoms with Crippen LogP contribution in [0.3, 0.4) is 0 Å². The third-order valence-electron chi connectivity index (χ3n) is 4.33. The number of rotatable bonds is 4. The average molecular weight is 329 g/mol. The molecule has 1 aromatic carbocycles.